The van der Waals surface area contributed by atoms with E-state index >= 15 is 0 Å². The lowest BCUT2D eigenvalue weighted by molar-refractivity contribution is 0.0694. The van der Waals surface area contributed by atoms with E-state index in [9.17, 15) is 9.90 Å². The molecule has 0 unspecified atom stereocenters. The van der Waals surface area contributed by atoms with Gasteiger partial charge in [0.05, 0.1) is 22.0 Å². The summed E-state index contributed by atoms with van der Waals surface area (Å²) in [5, 5.41) is 10.3. The summed E-state index contributed by atoms with van der Waals surface area (Å²) in [7, 11) is 0. The van der Waals surface area contributed by atoms with Crippen molar-refractivity contribution >= 4 is 29.2 Å². The van der Waals surface area contributed by atoms with Gasteiger partial charge in [-0.05, 0) is 36.2 Å². The highest BCUT2D eigenvalue weighted by Gasteiger charge is 2.16. The molecule has 0 atom stereocenters. The van der Waals surface area contributed by atoms with E-state index in [1.54, 1.807) is 30.3 Å². The molecular weight excluding hydrogens is 297 g/mol. The van der Waals surface area contributed by atoms with Gasteiger partial charge in [0.25, 0.3) is 0 Å². The normalized spacial score (nSPS) is 10.8. The van der Waals surface area contributed by atoms with E-state index in [4.69, 9.17) is 23.2 Å². The number of rotatable bonds is 3. The maximum atomic E-state index is 11.2. The molecule has 1 heterocycles. The van der Waals surface area contributed by atoms with Crippen molar-refractivity contribution in [3.8, 4) is 11.3 Å². The quantitative estimate of drug-likeness (QED) is 0.879. The second-order valence-corrected chi connectivity index (χ2v) is 5.56. The molecule has 5 heteroatoms. The van der Waals surface area contributed by atoms with Gasteiger partial charge in [-0.25, -0.2) is 4.79 Å². The Labute approximate surface area is 127 Å². The van der Waals surface area contributed by atoms with Crippen molar-refractivity contribution in [1.29, 1.82) is 0 Å². The first-order valence-electron chi connectivity index (χ1n) is 6.10. The molecular formula is C15H13Cl2NO2. The number of carboxylic acid groups (broad SMARTS) is 1. The zero-order valence-electron chi connectivity index (χ0n) is 11.0. The third kappa shape index (κ3) is 2.94. The van der Waals surface area contributed by atoms with Crippen molar-refractivity contribution < 1.29 is 9.90 Å². The third-order valence-corrected chi connectivity index (χ3v) is 3.47. The van der Waals surface area contributed by atoms with E-state index < -0.39 is 5.97 Å². The maximum Gasteiger partial charge on any atom is 0.337 e. The smallest absolute Gasteiger partial charge is 0.337 e. The van der Waals surface area contributed by atoms with Crippen LogP contribution in [0, 0.1) is 0 Å². The number of pyridine rings is 1. The summed E-state index contributed by atoms with van der Waals surface area (Å²) in [5.41, 5.74) is 2.05. The van der Waals surface area contributed by atoms with Crippen LogP contribution in [0.15, 0.2) is 30.3 Å². The van der Waals surface area contributed by atoms with Crippen LogP contribution in [0.2, 0.25) is 10.0 Å². The van der Waals surface area contributed by atoms with E-state index in [0.717, 1.165) is 0 Å². The zero-order chi connectivity index (χ0) is 14.9. The lowest BCUT2D eigenvalue weighted by Crippen LogP contribution is -2.07. The van der Waals surface area contributed by atoms with Gasteiger partial charge in [-0.3, -0.25) is 4.98 Å². The average molecular weight is 310 g/mol. The average Bonchev–Trinajstić information content (AvgIpc) is 2.40. The van der Waals surface area contributed by atoms with Crippen molar-refractivity contribution in [2.45, 2.75) is 19.8 Å². The Balaban J connectivity index is 2.62. The van der Waals surface area contributed by atoms with Crippen LogP contribution in [0.1, 0.15) is 35.8 Å². The standard InChI is InChI=1S/C15H13Cl2NO2/c1-8(2)14-10(15(19)20)4-6-13(18-14)11-7-9(16)3-5-12(11)17/h3-8H,1-2H3,(H,19,20). The first-order valence-corrected chi connectivity index (χ1v) is 6.85. The number of hydrogen-bond donors (Lipinski definition) is 1. The molecule has 0 saturated heterocycles. The molecule has 0 radical (unpaired) electrons. The second kappa shape index (κ2) is 5.81. The Hall–Kier alpha value is -1.58. The van der Waals surface area contributed by atoms with Crippen molar-refractivity contribution in [1.82, 2.24) is 4.98 Å². The van der Waals surface area contributed by atoms with Gasteiger partial charge >= 0.3 is 5.97 Å². The topological polar surface area (TPSA) is 50.2 Å². The van der Waals surface area contributed by atoms with E-state index in [2.05, 4.69) is 4.98 Å². The fourth-order valence-electron chi connectivity index (χ4n) is 1.94. The predicted octanol–water partition coefficient (Wildman–Crippen LogP) is 4.88. The SMILES string of the molecule is CC(C)c1nc(-c2cc(Cl)ccc2Cl)ccc1C(=O)O. The van der Waals surface area contributed by atoms with Gasteiger partial charge in [0, 0.05) is 10.6 Å². The third-order valence-electron chi connectivity index (χ3n) is 2.91. The number of nitrogens with zero attached hydrogens (tertiary/aromatic N) is 1. The summed E-state index contributed by atoms with van der Waals surface area (Å²) in [5.74, 6) is -0.982. The molecule has 0 aliphatic heterocycles. The number of hydrogen-bond acceptors (Lipinski definition) is 2. The Morgan fingerprint density at radius 2 is 1.90 bits per heavy atom. The summed E-state index contributed by atoms with van der Waals surface area (Å²) < 4.78 is 0. The maximum absolute atomic E-state index is 11.2. The van der Waals surface area contributed by atoms with Crippen molar-refractivity contribution in [2.75, 3.05) is 0 Å². The highest BCUT2D eigenvalue weighted by atomic mass is 35.5. The number of aromatic nitrogens is 1. The van der Waals surface area contributed by atoms with E-state index in [1.807, 2.05) is 13.8 Å². The van der Waals surface area contributed by atoms with Crippen LogP contribution in [0.3, 0.4) is 0 Å². The first-order chi connectivity index (χ1) is 9.40. The lowest BCUT2D eigenvalue weighted by Gasteiger charge is -2.12. The Bertz CT molecular complexity index is 669. The van der Waals surface area contributed by atoms with Crippen LogP contribution in [0.5, 0.6) is 0 Å². The fourth-order valence-corrected chi connectivity index (χ4v) is 2.33. The number of halogens is 2. The fraction of sp³-hybridized carbons (Fsp3) is 0.200. The first kappa shape index (κ1) is 14.8. The van der Waals surface area contributed by atoms with Crippen LogP contribution in [-0.4, -0.2) is 16.1 Å². The Morgan fingerprint density at radius 1 is 1.20 bits per heavy atom. The molecule has 0 saturated carbocycles. The molecule has 3 nitrogen and oxygen atoms in total. The molecule has 1 aromatic carbocycles. The molecule has 0 aliphatic carbocycles. The van der Waals surface area contributed by atoms with Gasteiger partial charge in [-0.1, -0.05) is 37.0 Å². The summed E-state index contributed by atoms with van der Waals surface area (Å²) in [6, 6.07) is 8.31. The van der Waals surface area contributed by atoms with Gasteiger partial charge in [0.1, 0.15) is 0 Å². The molecule has 0 bridgehead atoms. The Morgan fingerprint density at radius 3 is 2.50 bits per heavy atom. The highest BCUT2D eigenvalue weighted by molar-refractivity contribution is 6.35. The molecule has 104 valence electrons. The highest BCUT2D eigenvalue weighted by Crippen LogP contribution is 2.31. The minimum absolute atomic E-state index is 0.000917. The van der Waals surface area contributed by atoms with Crippen LogP contribution in [0.25, 0.3) is 11.3 Å². The number of aromatic carboxylic acids is 1. The molecule has 0 fully saturated rings. The second-order valence-electron chi connectivity index (χ2n) is 4.71. The van der Waals surface area contributed by atoms with Crippen LogP contribution < -0.4 is 0 Å². The molecule has 20 heavy (non-hydrogen) atoms. The Kier molecular flexibility index (Phi) is 4.31. The molecule has 2 rings (SSSR count). The summed E-state index contributed by atoms with van der Waals surface area (Å²) in [6.45, 7) is 3.80. The van der Waals surface area contributed by atoms with Crippen molar-refractivity contribution in [3.63, 3.8) is 0 Å². The minimum atomic E-state index is -0.982. The van der Waals surface area contributed by atoms with Gasteiger partial charge in [-0.2, -0.15) is 0 Å². The molecule has 2 aromatic rings. The molecule has 0 spiro atoms. The molecule has 1 aromatic heterocycles. The zero-order valence-corrected chi connectivity index (χ0v) is 12.5. The number of benzene rings is 1. The van der Waals surface area contributed by atoms with Crippen molar-refractivity contribution in [2.24, 2.45) is 0 Å². The van der Waals surface area contributed by atoms with E-state index in [-0.39, 0.29) is 11.5 Å². The van der Waals surface area contributed by atoms with Crippen LogP contribution in [-0.2, 0) is 0 Å². The minimum Gasteiger partial charge on any atom is -0.478 e. The monoisotopic (exact) mass is 309 g/mol. The van der Waals surface area contributed by atoms with Crippen molar-refractivity contribution in [3.05, 3.63) is 51.6 Å². The number of carbonyl (C=O) groups is 1. The molecule has 0 aliphatic rings. The summed E-state index contributed by atoms with van der Waals surface area (Å²) >= 11 is 12.1. The molecule has 1 N–H and O–H groups in total. The molecule has 0 amide bonds. The van der Waals surface area contributed by atoms with Crippen LogP contribution in [0.4, 0.5) is 0 Å². The predicted molar refractivity (Wildman–Crippen MR) is 80.7 cm³/mol. The summed E-state index contributed by atoms with van der Waals surface area (Å²) in [4.78, 5) is 15.6. The van der Waals surface area contributed by atoms with Gasteiger partial charge < -0.3 is 5.11 Å². The van der Waals surface area contributed by atoms with E-state index in [1.165, 1.54) is 0 Å². The summed E-state index contributed by atoms with van der Waals surface area (Å²) in [6.07, 6.45) is 0. The largest absolute Gasteiger partial charge is 0.478 e. The van der Waals surface area contributed by atoms with Gasteiger partial charge in [0.15, 0.2) is 0 Å². The van der Waals surface area contributed by atoms with Crippen LogP contribution >= 0.6 is 23.2 Å². The van der Waals surface area contributed by atoms with E-state index in [0.29, 0.717) is 27.0 Å². The van der Waals surface area contributed by atoms with Gasteiger partial charge in [-0.15, -0.1) is 0 Å². The van der Waals surface area contributed by atoms with Gasteiger partial charge in [0.2, 0.25) is 0 Å². The lowest BCUT2D eigenvalue weighted by atomic mass is 10.0. The number of carboxylic acids is 1.